The lowest BCUT2D eigenvalue weighted by Crippen LogP contribution is -2.36. The topological polar surface area (TPSA) is 64.1 Å². The maximum Gasteiger partial charge on any atom is 0.191 e. The number of rotatable bonds is 6. The van der Waals surface area contributed by atoms with Crippen LogP contribution in [0.15, 0.2) is 41.4 Å². The van der Waals surface area contributed by atoms with Gasteiger partial charge in [0.1, 0.15) is 23.4 Å². The third-order valence-electron chi connectivity index (χ3n) is 4.61. The molecule has 6 heteroatoms. The van der Waals surface area contributed by atoms with Crippen LogP contribution >= 0.6 is 0 Å². The number of nitrogens with zero attached hydrogens (tertiary/aromatic N) is 1. The zero-order valence-corrected chi connectivity index (χ0v) is 16.3. The molecule has 0 aromatic heterocycles. The van der Waals surface area contributed by atoms with E-state index in [1.807, 2.05) is 24.3 Å². The zero-order valence-electron chi connectivity index (χ0n) is 16.3. The van der Waals surface area contributed by atoms with Crippen LogP contribution in [0.5, 0.6) is 17.2 Å². The summed E-state index contributed by atoms with van der Waals surface area (Å²) in [4.78, 5) is 4.30. The van der Waals surface area contributed by atoms with E-state index in [4.69, 9.17) is 14.2 Å². The second kappa shape index (κ2) is 8.66. The smallest absolute Gasteiger partial charge is 0.191 e. The van der Waals surface area contributed by atoms with Gasteiger partial charge in [0.05, 0.1) is 14.2 Å². The van der Waals surface area contributed by atoms with Crippen LogP contribution < -0.4 is 24.8 Å². The second-order valence-electron chi connectivity index (χ2n) is 6.50. The summed E-state index contributed by atoms with van der Waals surface area (Å²) in [5.74, 6) is 3.36. The van der Waals surface area contributed by atoms with Crippen LogP contribution in [0.25, 0.3) is 0 Å². The van der Waals surface area contributed by atoms with E-state index in [2.05, 4.69) is 34.7 Å². The first kappa shape index (κ1) is 18.9. The molecule has 27 heavy (non-hydrogen) atoms. The third-order valence-corrected chi connectivity index (χ3v) is 4.61. The highest BCUT2D eigenvalue weighted by Gasteiger charge is 2.21. The Morgan fingerprint density at radius 1 is 1.07 bits per heavy atom. The second-order valence-corrected chi connectivity index (χ2v) is 6.50. The highest BCUT2D eigenvalue weighted by Crippen LogP contribution is 2.34. The number of guanidine groups is 1. The molecule has 0 spiro atoms. The molecule has 1 atom stereocenters. The van der Waals surface area contributed by atoms with Crippen LogP contribution in [0, 0.1) is 0 Å². The van der Waals surface area contributed by atoms with Gasteiger partial charge in [0.2, 0.25) is 0 Å². The lowest BCUT2D eigenvalue weighted by Gasteiger charge is -2.16. The van der Waals surface area contributed by atoms with Gasteiger partial charge in [0.15, 0.2) is 5.96 Å². The van der Waals surface area contributed by atoms with Crippen LogP contribution in [0.3, 0.4) is 0 Å². The van der Waals surface area contributed by atoms with Crippen molar-refractivity contribution in [2.24, 2.45) is 4.99 Å². The number of aliphatic imine (C=N–C) groups is 1. The van der Waals surface area contributed by atoms with E-state index in [1.165, 1.54) is 5.56 Å². The lowest BCUT2D eigenvalue weighted by atomic mass is 10.1. The summed E-state index contributed by atoms with van der Waals surface area (Å²) in [7, 11) is 5.12. The molecule has 144 valence electrons. The molecule has 0 saturated heterocycles. The molecule has 2 N–H and O–H groups in total. The largest absolute Gasteiger partial charge is 0.496 e. The standard InChI is InChI=1S/C21H27N3O3/c1-14-9-16-10-19(26-4)17(11-20(16)27-14)13-24-21(22-2)23-12-15-7-5-6-8-18(15)25-3/h5-8,10-11,14H,9,12-13H2,1-4H3,(H2,22,23,24). The van der Waals surface area contributed by atoms with Crippen LogP contribution in [0.2, 0.25) is 0 Å². The Labute approximate surface area is 160 Å². The molecule has 0 radical (unpaired) electrons. The summed E-state index contributed by atoms with van der Waals surface area (Å²) in [6, 6.07) is 12.0. The quantitative estimate of drug-likeness (QED) is 0.606. The van der Waals surface area contributed by atoms with Crippen molar-refractivity contribution in [1.82, 2.24) is 10.6 Å². The van der Waals surface area contributed by atoms with E-state index in [1.54, 1.807) is 21.3 Å². The minimum absolute atomic E-state index is 0.211. The number of fused-ring (bicyclic) bond motifs is 1. The Morgan fingerprint density at radius 2 is 1.78 bits per heavy atom. The van der Waals surface area contributed by atoms with Crippen molar-refractivity contribution in [3.05, 3.63) is 53.1 Å². The number of hydrogen-bond donors (Lipinski definition) is 2. The third kappa shape index (κ3) is 4.45. The van der Waals surface area contributed by atoms with Gasteiger partial charge < -0.3 is 24.8 Å². The van der Waals surface area contributed by atoms with Gasteiger partial charge in [-0.1, -0.05) is 18.2 Å². The van der Waals surface area contributed by atoms with Crippen molar-refractivity contribution in [1.29, 1.82) is 0 Å². The van der Waals surface area contributed by atoms with Crippen LogP contribution in [-0.2, 0) is 19.5 Å². The Kier molecular flexibility index (Phi) is 6.06. The number of para-hydroxylation sites is 1. The van der Waals surface area contributed by atoms with Crippen molar-refractivity contribution in [2.45, 2.75) is 32.5 Å². The molecule has 2 aromatic carbocycles. The van der Waals surface area contributed by atoms with E-state index < -0.39 is 0 Å². The first-order valence-corrected chi connectivity index (χ1v) is 9.07. The first-order valence-electron chi connectivity index (χ1n) is 9.07. The molecule has 1 aliphatic heterocycles. The van der Waals surface area contributed by atoms with Gasteiger partial charge in [-0.3, -0.25) is 4.99 Å². The molecule has 0 bridgehead atoms. The fourth-order valence-electron chi connectivity index (χ4n) is 3.24. The SMILES string of the molecule is CN=C(NCc1ccccc1OC)NCc1cc2c(cc1OC)CC(C)O2. The molecule has 1 heterocycles. The average Bonchev–Trinajstić information content (AvgIpc) is 3.06. The Bertz CT molecular complexity index is 820. The van der Waals surface area contributed by atoms with Gasteiger partial charge in [-0.25, -0.2) is 0 Å². The van der Waals surface area contributed by atoms with Crippen LogP contribution in [-0.4, -0.2) is 33.3 Å². The van der Waals surface area contributed by atoms with Gasteiger partial charge in [-0.15, -0.1) is 0 Å². The lowest BCUT2D eigenvalue weighted by molar-refractivity contribution is 0.254. The van der Waals surface area contributed by atoms with Crippen molar-refractivity contribution < 1.29 is 14.2 Å². The van der Waals surface area contributed by atoms with E-state index in [0.717, 1.165) is 34.8 Å². The number of benzene rings is 2. The number of methoxy groups -OCH3 is 2. The van der Waals surface area contributed by atoms with E-state index in [9.17, 15) is 0 Å². The normalized spacial score (nSPS) is 15.7. The molecule has 1 aliphatic rings. The summed E-state index contributed by atoms with van der Waals surface area (Å²) in [5.41, 5.74) is 3.30. The molecule has 0 saturated carbocycles. The zero-order chi connectivity index (χ0) is 19.2. The van der Waals surface area contributed by atoms with Crippen molar-refractivity contribution in [2.75, 3.05) is 21.3 Å². The Morgan fingerprint density at radius 3 is 2.48 bits per heavy atom. The van der Waals surface area contributed by atoms with E-state index in [-0.39, 0.29) is 6.10 Å². The fourth-order valence-corrected chi connectivity index (χ4v) is 3.24. The maximum absolute atomic E-state index is 5.87. The van der Waals surface area contributed by atoms with Crippen LogP contribution in [0.4, 0.5) is 0 Å². The van der Waals surface area contributed by atoms with Crippen LogP contribution in [0.1, 0.15) is 23.6 Å². The van der Waals surface area contributed by atoms with Gasteiger partial charge in [-0.05, 0) is 25.1 Å². The van der Waals surface area contributed by atoms with Crippen molar-refractivity contribution in [3.8, 4) is 17.2 Å². The predicted octanol–water partition coefficient (Wildman–Crippen LogP) is 2.89. The molecule has 1 unspecified atom stereocenters. The minimum atomic E-state index is 0.211. The van der Waals surface area contributed by atoms with Crippen molar-refractivity contribution in [3.63, 3.8) is 0 Å². The van der Waals surface area contributed by atoms with Gasteiger partial charge >= 0.3 is 0 Å². The molecular formula is C21H27N3O3. The number of hydrogen-bond acceptors (Lipinski definition) is 4. The Balaban J connectivity index is 1.64. The minimum Gasteiger partial charge on any atom is -0.496 e. The summed E-state index contributed by atoms with van der Waals surface area (Å²) in [6.45, 7) is 3.28. The van der Waals surface area contributed by atoms with E-state index >= 15 is 0 Å². The highest BCUT2D eigenvalue weighted by molar-refractivity contribution is 5.79. The highest BCUT2D eigenvalue weighted by atomic mass is 16.5. The molecular weight excluding hydrogens is 342 g/mol. The summed E-state index contributed by atoms with van der Waals surface area (Å²) >= 11 is 0. The maximum atomic E-state index is 5.87. The van der Waals surface area contributed by atoms with E-state index in [0.29, 0.717) is 19.0 Å². The molecule has 0 fully saturated rings. The summed E-state index contributed by atoms with van der Waals surface area (Å²) in [5, 5.41) is 6.65. The first-order chi connectivity index (χ1) is 13.1. The fraction of sp³-hybridized carbons (Fsp3) is 0.381. The monoisotopic (exact) mass is 369 g/mol. The summed E-state index contributed by atoms with van der Waals surface area (Å²) in [6.07, 6.45) is 1.13. The van der Waals surface area contributed by atoms with Crippen molar-refractivity contribution >= 4 is 5.96 Å². The Hall–Kier alpha value is -2.89. The molecule has 0 amide bonds. The van der Waals surface area contributed by atoms with Gasteiger partial charge in [-0.2, -0.15) is 0 Å². The molecule has 6 nitrogen and oxygen atoms in total. The average molecular weight is 369 g/mol. The number of nitrogens with one attached hydrogen (secondary N) is 2. The summed E-state index contributed by atoms with van der Waals surface area (Å²) < 4.78 is 16.8. The molecule has 2 aromatic rings. The molecule has 0 aliphatic carbocycles. The predicted molar refractivity (Wildman–Crippen MR) is 107 cm³/mol. The molecule has 3 rings (SSSR count). The number of ether oxygens (including phenoxy) is 3. The van der Waals surface area contributed by atoms with Gasteiger partial charge in [0.25, 0.3) is 0 Å². The van der Waals surface area contributed by atoms with Gasteiger partial charge in [0, 0.05) is 43.2 Å².